The molecule has 3 nitrogen and oxygen atoms in total. The van der Waals surface area contributed by atoms with Crippen molar-refractivity contribution in [3.05, 3.63) is 0 Å². The second-order valence-electron chi connectivity index (χ2n) is 8.20. The number of rotatable bonds is 3. The third-order valence-corrected chi connectivity index (χ3v) is 6.80. The molecule has 2 unspecified atom stereocenters. The maximum absolute atomic E-state index is 13.0. The van der Waals surface area contributed by atoms with Crippen molar-refractivity contribution in [2.24, 2.45) is 34.8 Å². The third-order valence-electron chi connectivity index (χ3n) is 6.80. The molecular weight excluding hydrogens is 248 g/mol. The fourth-order valence-electron chi connectivity index (χ4n) is 6.22. The molecule has 20 heavy (non-hydrogen) atoms. The van der Waals surface area contributed by atoms with Crippen molar-refractivity contribution in [1.29, 1.82) is 0 Å². The molecule has 4 bridgehead atoms. The van der Waals surface area contributed by atoms with E-state index in [2.05, 4.69) is 5.32 Å². The number of carbonyl (C=O) groups is 1. The van der Waals surface area contributed by atoms with Crippen molar-refractivity contribution in [3.63, 3.8) is 0 Å². The Labute approximate surface area is 122 Å². The van der Waals surface area contributed by atoms with E-state index in [1.165, 1.54) is 51.4 Å². The minimum absolute atomic E-state index is 0.0104. The van der Waals surface area contributed by atoms with Crippen LogP contribution in [-0.2, 0) is 4.79 Å². The number of amides is 1. The molecule has 5 fully saturated rings. The van der Waals surface area contributed by atoms with Crippen molar-refractivity contribution in [2.45, 2.75) is 63.8 Å². The zero-order valence-corrected chi connectivity index (χ0v) is 12.4. The van der Waals surface area contributed by atoms with Crippen molar-refractivity contribution in [2.75, 3.05) is 6.54 Å². The van der Waals surface area contributed by atoms with Gasteiger partial charge < -0.3 is 11.1 Å². The predicted molar refractivity (Wildman–Crippen MR) is 78.9 cm³/mol. The van der Waals surface area contributed by atoms with Crippen LogP contribution in [0.5, 0.6) is 0 Å². The monoisotopic (exact) mass is 276 g/mol. The van der Waals surface area contributed by atoms with Crippen LogP contribution in [0.1, 0.15) is 57.8 Å². The maximum Gasteiger partial charge on any atom is 0.226 e. The van der Waals surface area contributed by atoms with Gasteiger partial charge in [0.2, 0.25) is 5.91 Å². The van der Waals surface area contributed by atoms with Gasteiger partial charge in [0, 0.05) is 11.5 Å². The van der Waals surface area contributed by atoms with E-state index in [0.29, 0.717) is 17.9 Å². The summed E-state index contributed by atoms with van der Waals surface area (Å²) in [5.74, 6) is 3.46. The molecule has 2 atom stereocenters. The second-order valence-corrected chi connectivity index (χ2v) is 8.20. The molecule has 0 heterocycles. The Bertz CT molecular complexity index is 371. The van der Waals surface area contributed by atoms with Crippen LogP contribution in [0, 0.1) is 29.1 Å². The average molecular weight is 276 g/mol. The first-order valence-corrected chi connectivity index (χ1v) is 8.69. The van der Waals surface area contributed by atoms with E-state index < -0.39 is 0 Å². The lowest BCUT2D eigenvalue weighted by Crippen LogP contribution is -2.55. The predicted octanol–water partition coefficient (Wildman–Crippen LogP) is 2.45. The number of hydrogen-bond donors (Lipinski definition) is 2. The van der Waals surface area contributed by atoms with Crippen LogP contribution in [-0.4, -0.2) is 18.5 Å². The molecule has 3 heteroatoms. The Kier molecular flexibility index (Phi) is 3.10. The summed E-state index contributed by atoms with van der Waals surface area (Å²) in [4.78, 5) is 13.0. The minimum Gasteiger partial charge on any atom is -0.353 e. The molecule has 1 amide bonds. The topological polar surface area (TPSA) is 55.1 Å². The Morgan fingerprint density at radius 3 is 2.20 bits per heavy atom. The summed E-state index contributed by atoms with van der Waals surface area (Å²) >= 11 is 0. The molecule has 0 saturated heterocycles. The van der Waals surface area contributed by atoms with E-state index in [1.54, 1.807) is 0 Å². The summed E-state index contributed by atoms with van der Waals surface area (Å²) in [5, 5.41) is 3.42. The van der Waals surface area contributed by atoms with Crippen LogP contribution >= 0.6 is 0 Å². The highest BCUT2D eigenvalue weighted by molar-refractivity contribution is 5.83. The van der Waals surface area contributed by atoms with Crippen molar-refractivity contribution >= 4 is 5.91 Å². The van der Waals surface area contributed by atoms with Crippen molar-refractivity contribution < 1.29 is 4.79 Å². The molecule has 5 saturated carbocycles. The van der Waals surface area contributed by atoms with Gasteiger partial charge in [-0.3, -0.25) is 4.79 Å². The molecule has 0 radical (unpaired) electrons. The van der Waals surface area contributed by atoms with Gasteiger partial charge in [-0.1, -0.05) is 6.42 Å². The lowest BCUT2D eigenvalue weighted by molar-refractivity contribution is -0.147. The van der Waals surface area contributed by atoms with E-state index in [0.717, 1.165) is 30.7 Å². The van der Waals surface area contributed by atoms with Crippen LogP contribution in [0.2, 0.25) is 0 Å². The second kappa shape index (κ2) is 4.72. The highest BCUT2D eigenvalue weighted by atomic mass is 16.2. The van der Waals surface area contributed by atoms with E-state index in [9.17, 15) is 4.79 Å². The van der Waals surface area contributed by atoms with Gasteiger partial charge in [-0.15, -0.1) is 0 Å². The van der Waals surface area contributed by atoms with Crippen LogP contribution in [0.25, 0.3) is 0 Å². The molecule has 0 aliphatic heterocycles. The summed E-state index contributed by atoms with van der Waals surface area (Å²) in [6, 6.07) is 0.362. The van der Waals surface area contributed by atoms with Crippen LogP contribution in [0.3, 0.4) is 0 Å². The lowest BCUT2D eigenvalue weighted by atomic mass is 9.49. The van der Waals surface area contributed by atoms with Crippen molar-refractivity contribution in [1.82, 2.24) is 5.32 Å². The minimum atomic E-state index is 0.0104. The first-order valence-electron chi connectivity index (χ1n) is 8.69. The van der Waals surface area contributed by atoms with Gasteiger partial charge in [0.25, 0.3) is 0 Å². The normalized spacial score (nSPS) is 49.5. The smallest absolute Gasteiger partial charge is 0.226 e. The zero-order valence-electron chi connectivity index (χ0n) is 12.4. The summed E-state index contributed by atoms with van der Waals surface area (Å²) in [6.45, 7) is 0.728. The number of hydrogen-bond acceptors (Lipinski definition) is 2. The van der Waals surface area contributed by atoms with E-state index in [-0.39, 0.29) is 5.41 Å². The molecule has 0 aromatic rings. The quantitative estimate of drug-likeness (QED) is 0.832. The van der Waals surface area contributed by atoms with E-state index in [4.69, 9.17) is 5.73 Å². The Morgan fingerprint density at radius 2 is 1.65 bits per heavy atom. The molecule has 0 aromatic carbocycles. The van der Waals surface area contributed by atoms with Crippen LogP contribution in [0.15, 0.2) is 0 Å². The molecule has 5 aliphatic rings. The van der Waals surface area contributed by atoms with Crippen LogP contribution < -0.4 is 11.1 Å². The molecule has 112 valence electrons. The van der Waals surface area contributed by atoms with E-state index in [1.807, 2.05) is 0 Å². The van der Waals surface area contributed by atoms with Gasteiger partial charge in [0.05, 0.1) is 0 Å². The maximum atomic E-state index is 13.0. The van der Waals surface area contributed by atoms with Gasteiger partial charge in [0.15, 0.2) is 0 Å². The zero-order chi connectivity index (χ0) is 13.7. The highest BCUT2D eigenvalue weighted by Gasteiger charge is 2.54. The molecule has 0 spiro atoms. The molecule has 3 N–H and O–H groups in total. The SMILES string of the molecule is NCC1CCCC1NC(=O)C12CC3CC(CC(C3)C1)C2. The Morgan fingerprint density at radius 1 is 1.05 bits per heavy atom. The summed E-state index contributed by atoms with van der Waals surface area (Å²) in [5.41, 5.74) is 5.87. The van der Waals surface area contributed by atoms with Gasteiger partial charge in [0.1, 0.15) is 0 Å². The molecular formula is C17H28N2O. The largest absolute Gasteiger partial charge is 0.353 e. The Balaban J connectivity index is 1.48. The lowest BCUT2D eigenvalue weighted by Gasteiger charge is -2.56. The summed E-state index contributed by atoms with van der Waals surface area (Å²) < 4.78 is 0. The van der Waals surface area contributed by atoms with Gasteiger partial charge in [-0.25, -0.2) is 0 Å². The number of nitrogens with two attached hydrogens (primary N) is 1. The molecule has 5 aliphatic carbocycles. The van der Waals surface area contributed by atoms with Crippen molar-refractivity contribution in [3.8, 4) is 0 Å². The molecule has 0 aromatic heterocycles. The Hall–Kier alpha value is -0.570. The van der Waals surface area contributed by atoms with Gasteiger partial charge in [-0.05, 0) is 81.6 Å². The fraction of sp³-hybridized carbons (Fsp3) is 0.941. The highest BCUT2D eigenvalue weighted by Crippen LogP contribution is 2.60. The first kappa shape index (κ1) is 13.1. The fourth-order valence-corrected chi connectivity index (χ4v) is 6.22. The van der Waals surface area contributed by atoms with Crippen LogP contribution in [0.4, 0.5) is 0 Å². The van der Waals surface area contributed by atoms with E-state index >= 15 is 0 Å². The number of nitrogens with one attached hydrogen (secondary N) is 1. The standard InChI is InChI=1S/C17H28N2O/c18-10-14-2-1-3-15(14)19-16(20)17-7-11-4-12(8-17)6-13(5-11)9-17/h11-15H,1-10,18H2,(H,19,20). The van der Waals surface area contributed by atoms with Gasteiger partial charge >= 0.3 is 0 Å². The summed E-state index contributed by atoms with van der Waals surface area (Å²) in [6.07, 6.45) is 11.3. The molecule has 5 rings (SSSR count). The third kappa shape index (κ3) is 2.01. The first-order chi connectivity index (χ1) is 9.68. The summed E-state index contributed by atoms with van der Waals surface area (Å²) in [7, 11) is 0. The van der Waals surface area contributed by atoms with Gasteiger partial charge in [-0.2, -0.15) is 0 Å². The average Bonchev–Trinajstić information content (AvgIpc) is 2.84. The number of carbonyl (C=O) groups excluding carboxylic acids is 1.